The Morgan fingerprint density at radius 2 is 2.29 bits per heavy atom. The normalized spacial score (nSPS) is 11.5. The molecule has 1 aromatic carbocycles. The highest BCUT2D eigenvalue weighted by Gasteiger charge is 1.97. The largest absolute Gasteiger partial charge is 0.468 e. The standard InChI is InChI=1S/C12H15O2/c1-4-10(2)11-6-5-7-12(8-11)14-9-13-3/h4-8H,1,9H2,2-3H3/b10-4-. The molecule has 2 heteroatoms. The molecule has 0 fully saturated rings. The van der Waals surface area contributed by atoms with Crippen LogP contribution in [0.25, 0.3) is 5.57 Å². The van der Waals surface area contributed by atoms with Crippen molar-refractivity contribution in [3.05, 3.63) is 42.8 Å². The Balaban J connectivity index is 2.79. The highest BCUT2D eigenvalue weighted by atomic mass is 16.7. The van der Waals surface area contributed by atoms with E-state index in [1.807, 2.05) is 37.3 Å². The molecule has 0 N–H and O–H groups in total. The predicted molar refractivity (Wildman–Crippen MR) is 58.0 cm³/mol. The lowest BCUT2D eigenvalue weighted by Gasteiger charge is -2.06. The molecule has 0 unspecified atom stereocenters. The molecule has 0 amide bonds. The molecule has 2 nitrogen and oxygen atoms in total. The van der Waals surface area contributed by atoms with Gasteiger partial charge in [0, 0.05) is 7.11 Å². The van der Waals surface area contributed by atoms with Crippen LogP contribution < -0.4 is 4.74 Å². The molecule has 14 heavy (non-hydrogen) atoms. The van der Waals surface area contributed by atoms with Crippen LogP contribution in [0.2, 0.25) is 0 Å². The number of ether oxygens (including phenoxy) is 2. The fraction of sp³-hybridized carbons (Fsp3) is 0.250. The van der Waals surface area contributed by atoms with Crippen molar-refractivity contribution in [2.24, 2.45) is 0 Å². The molecule has 0 heterocycles. The molecule has 0 aromatic heterocycles. The van der Waals surface area contributed by atoms with Gasteiger partial charge in [0.15, 0.2) is 6.79 Å². The number of methoxy groups -OCH3 is 1. The molecule has 0 aliphatic carbocycles. The van der Waals surface area contributed by atoms with Crippen LogP contribution in [0.15, 0.2) is 30.3 Å². The van der Waals surface area contributed by atoms with Crippen LogP contribution in [0.5, 0.6) is 5.75 Å². The Bertz CT molecular complexity index is 316. The minimum absolute atomic E-state index is 0.274. The van der Waals surface area contributed by atoms with Gasteiger partial charge in [-0.15, -0.1) is 0 Å². The molecule has 0 atom stereocenters. The van der Waals surface area contributed by atoms with Crippen LogP contribution in [0, 0.1) is 6.92 Å². The third kappa shape index (κ3) is 2.89. The summed E-state index contributed by atoms with van der Waals surface area (Å²) in [6.07, 6.45) is 1.83. The number of benzene rings is 1. The quantitative estimate of drug-likeness (QED) is 0.681. The van der Waals surface area contributed by atoms with Gasteiger partial charge < -0.3 is 9.47 Å². The minimum Gasteiger partial charge on any atom is -0.468 e. The maximum absolute atomic E-state index is 5.32. The van der Waals surface area contributed by atoms with Gasteiger partial charge in [0.2, 0.25) is 0 Å². The number of rotatable bonds is 4. The molecule has 0 saturated heterocycles. The first-order valence-corrected chi connectivity index (χ1v) is 4.46. The molecule has 1 rings (SSSR count). The second-order valence-corrected chi connectivity index (χ2v) is 2.97. The van der Waals surface area contributed by atoms with E-state index in [-0.39, 0.29) is 6.79 Å². The van der Waals surface area contributed by atoms with Gasteiger partial charge in [-0.25, -0.2) is 0 Å². The first kappa shape index (κ1) is 10.8. The van der Waals surface area contributed by atoms with Crippen LogP contribution >= 0.6 is 0 Å². The zero-order valence-electron chi connectivity index (χ0n) is 8.62. The van der Waals surface area contributed by atoms with Gasteiger partial charge in [0.05, 0.1) is 0 Å². The van der Waals surface area contributed by atoms with Gasteiger partial charge in [-0.05, 0) is 37.1 Å². The zero-order valence-corrected chi connectivity index (χ0v) is 8.62. The summed E-state index contributed by atoms with van der Waals surface area (Å²) < 4.78 is 10.1. The molecule has 75 valence electrons. The summed E-state index contributed by atoms with van der Waals surface area (Å²) in [4.78, 5) is 0. The third-order valence-corrected chi connectivity index (χ3v) is 1.94. The lowest BCUT2D eigenvalue weighted by molar-refractivity contribution is 0.0511. The Morgan fingerprint density at radius 3 is 2.93 bits per heavy atom. The average molecular weight is 191 g/mol. The fourth-order valence-electron chi connectivity index (χ4n) is 1.08. The topological polar surface area (TPSA) is 18.5 Å². The highest BCUT2D eigenvalue weighted by molar-refractivity contribution is 5.65. The summed E-state index contributed by atoms with van der Waals surface area (Å²) in [5.74, 6) is 0.811. The van der Waals surface area contributed by atoms with Crippen LogP contribution in [0.3, 0.4) is 0 Å². The Kier molecular flexibility index (Phi) is 4.20. The third-order valence-electron chi connectivity index (χ3n) is 1.94. The summed E-state index contributed by atoms with van der Waals surface area (Å²) in [5, 5.41) is 0. The maximum Gasteiger partial charge on any atom is 0.188 e. The van der Waals surface area contributed by atoms with E-state index in [1.54, 1.807) is 7.11 Å². The zero-order chi connectivity index (χ0) is 10.4. The van der Waals surface area contributed by atoms with Gasteiger partial charge >= 0.3 is 0 Å². The van der Waals surface area contributed by atoms with E-state index < -0.39 is 0 Å². The van der Waals surface area contributed by atoms with Crippen LogP contribution in [-0.4, -0.2) is 13.9 Å². The van der Waals surface area contributed by atoms with Crippen molar-refractivity contribution in [1.82, 2.24) is 0 Å². The summed E-state index contributed by atoms with van der Waals surface area (Å²) in [6, 6.07) is 7.85. The van der Waals surface area contributed by atoms with Crippen molar-refractivity contribution in [3.8, 4) is 5.75 Å². The monoisotopic (exact) mass is 191 g/mol. The van der Waals surface area contributed by atoms with Crippen LogP contribution in [-0.2, 0) is 4.74 Å². The van der Waals surface area contributed by atoms with E-state index in [1.165, 1.54) is 0 Å². The molecule has 0 aliphatic heterocycles. The average Bonchev–Trinajstić information content (AvgIpc) is 2.25. The van der Waals surface area contributed by atoms with E-state index >= 15 is 0 Å². The minimum atomic E-state index is 0.274. The first-order chi connectivity index (χ1) is 6.77. The van der Waals surface area contributed by atoms with E-state index in [9.17, 15) is 0 Å². The van der Waals surface area contributed by atoms with Gasteiger partial charge in [-0.2, -0.15) is 0 Å². The van der Waals surface area contributed by atoms with Crippen molar-refractivity contribution < 1.29 is 9.47 Å². The van der Waals surface area contributed by atoms with Crippen molar-refractivity contribution in [1.29, 1.82) is 0 Å². The number of allylic oxidation sites excluding steroid dienone is 2. The lowest BCUT2D eigenvalue weighted by atomic mass is 10.1. The van der Waals surface area contributed by atoms with Crippen molar-refractivity contribution in [3.63, 3.8) is 0 Å². The Morgan fingerprint density at radius 1 is 1.50 bits per heavy atom. The molecule has 0 spiro atoms. The van der Waals surface area contributed by atoms with E-state index in [4.69, 9.17) is 9.47 Å². The van der Waals surface area contributed by atoms with E-state index in [0.29, 0.717) is 0 Å². The lowest BCUT2D eigenvalue weighted by Crippen LogP contribution is -1.98. The molecule has 0 aliphatic rings. The van der Waals surface area contributed by atoms with Gasteiger partial charge in [-0.1, -0.05) is 18.2 Å². The highest BCUT2D eigenvalue weighted by Crippen LogP contribution is 2.19. The van der Waals surface area contributed by atoms with Crippen molar-refractivity contribution >= 4 is 5.57 Å². The van der Waals surface area contributed by atoms with Crippen molar-refractivity contribution in [2.75, 3.05) is 13.9 Å². The molecule has 1 radical (unpaired) electrons. The van der Waals surface area contributed by atoms with Crippen molar-refractivity contribution in [2.45, 2.75) is 6.92 Å². The Hall–Kier alpha value is -1.28. The Labute approximate surface area is 85.2 Å². The SMILES string of the molecule is [CH2]/C=C(/C)c1cccc(OCOC)c1. The van der Waals surface area contributed by atoms with E-state index in [2.05, 4.69) is 6.92 Å². The second-order valence-electron chi connectivity index (χ2n) is 2.97. The van der Waals surface area contributed by atoms with Gasteiger partial charge in [0.25, 0.3) is 0 Å². The van der Waals surface area contributed by atoms with E-state index in [0.717, 1.165) is 16.9 Å². The van der Waals surface area contributed by atoms with Crippen LogP contribution in [0.1, 0.15) is 12.5 Å². The number of hydrogen-bond donors (Lipinski definition) is 0. The summed E-state index contributed by atoms with van der Waals surface area (Å²) in [7, 11) is 1.60. The molecular formula is C12H15O2. The smallest absolute Gasteiger partial charge is 0.188 e. The summed E-state index contributed by atoms with van der Waals surface area (Å²) in [6.45, 7) is 6.02. The predicted octanol–water partition coefficient (Wildman–Crippen LogP) is 2.91. The number of hydrogen-bond acceptors (Lipinski definition) is 2. The molecular weight excluding hydrogens is 176 g/mol. The van der Waals surface area contributed by atoms with Gasteiger partial charge in [0.1, 0.15) is 5.75 Å². The fourth-order valence-corrected chi connectivity index (χ4v) is 1.08. The summed E-state index contributed by atoms with van der Waals surface area (Å²) >= 11 is 0. The first-order valence-electron chi connectivity index (χ1n) is 4.46. The molecule has 1 aromatic rings. The van der Waals surface area contributed by atoms with Crippen LogP contribution in [0.4, 0.5) is 0 Å². The maximum atomic E-state index is 5.32. The summed E-state index contributed by atoms with van der Waals surface area (Å²) in [5.41, 5.74) is 2.25. The molecule has 0 saturated carbocycles. The van der Waals surface area contributed by atoms with Gasteiger partial charge in [-0.3, -0.25) is 0 Å². The molecule has 0 bridgehead atoms. The second kappa shape index (κ2) is 5.45.